The number of carbonyl (C=O) groups is 2. The maximum atomic E-state index is 12.1. The Labute approximate surface area is 306 Å². The molecule has 2 aliphatic heterocycles. The van der Waals surface area contributed by atoms with Crippen molar-refractivity contribution in [2.45, 2.75) is 32.3 Å². The van der Waals surface area contributed by atoms with Gasteiger partial charge < -0.3 is 29.7 Å². The molecule has 3 aromatic carbocycles. The molecule has 7 rings (SSSR count). The van der Waals surface area contributed by atoms with Crippen LogP contribution in [0.4, 0.5) is 9.59 Å². The van der Waals surface area contributed by atoms with E-state index in [9.17, 15) is 9.59 Å². The Bertz CT molecular complexity index is 2040. The van der Waals surface area contributed by atoms with Crippen molar-refractivity contribution in [3.63, 3.8) is 0 Å². The van der Waals surface area contributed by atoms with Crippen LogP contribution in [0.25, 0.3) is 28.4 Å². The number of hydrogen-bond acceptors (Lipinski definition) is 8. The van der Waals surface area contributed by atoms with Gasteiger partial charge in [0.1, 0.15) is 36.8 Å². The molecule has 1 saturated heterocycles. The first-order valence-corrected chi connectivity index (χ1v) is 18.5. The zero-order valence-electron chi connectivity index (χ0n) is 29.1. The molecule has 0 saturated carbocycles. The molecule has 4 heterocycles. The summed E-state index contributed by atoms with van der Waals surface area (Å²) in [5.41, 5.74) is 6.90. The van der Waals surface area contributed by atoms with E-state index in [4.69, 9.17) is 24.4 Å². The lowest BCUT2D eigenvalue weighted by Gasteiger charge is -2.16. The molecule has 13 heteroatoms. The highest BCUT2D eigenvalue weighted by atomic mass is 32.1. The third-order valence-corrected chi connectivity index (χ3v) is 9.87. The van der Waals surface area contributed by atoms with Gasteiger partial charge in [0.2, 0.25) is 0 Å². The summed E-state index contributed by atoms with van der Waals surface area (Å²) in [6, 6.07) is 21.9. The van der Waals surface area contributed by atoms with Crippen LogP contribution in [-0.2, 0) is 31.2 Å². The molecule has 0 radical (unpaired) electrons. The number of fused-ring (bicyclic) bond motifs is 1. The molecule has 2 aromatic heterocycles. The minimum atomic E-state index is -0.414. The second-order valence-corrected chi connectivity index (χ2v) is 13.5. The van der Waals surface area contributed by atoms with Gasteiger partial charge in [-0.15, -0.1) is 20.7 Å². The van der Waals surface area contributed by atoms with Gasteiger partial charge in [-0.2, -0.15) is 0 Å². The zero-order valence-corrected chi connectivity index (χ0v) is 29.9. The van der Waals surface area contributed by atoms with Gasteiger partial charge in [-0.25, -0.2) is 14.6 Å². The monoisotopic (exact) mass is 720 g/mol. The third kappa shape index (κ3) is 8.78. The number of aryl methyl sites for hydroxylation is 2. The van der Waals surface area contributed by atoms with Gasteiger partial charge in [0.15, 0.2) is 17.6 Å². The van der Waals surface area contributed by atoms with Crippen molar-refractivity contribution >= 4 is 35.6 Å². The van der Waals surface area contributed by atoms with Crippen LogP contribution in [0.15, 0.2) is 78.3 Å². The largest absolute Gasteiger partial charge is 0.493 e. The van der Waals surface area contributed by atoms with Gasteiger partial charge >= 0.3 is 12.1 Å². The van der Waals surface area contributed by atoms with Gasteiger partial charge in [0, 0.05) is 43.9 Å². The molecule has 1 fully saturated rings. The maximum Gasteiger partial charge on any atom is 0.407 e. The van der Waals surface area contributed by atoms with Gasteiger partial charge in [0.05, 0.1) is 29.6 Å². The Kier molecular flexibility index (Phi) is 11.1. The Hall–Kier alpha value is -5.69. The number of nitrogens with one attached hydrogen (secondary N) is 2. The number of nitrogens with zero attached hydrogens (tertiary/aromatic N) is 5. The molecule has 2 aliphatic rings. The first kappa shape index (κ1) is 34.7. The minimum absolute atomic E-state index is 0.0702. The molecular formula is C39H42N7O5S+. The van der Waals surface area contributed by atoms with Crippen molar-refractivity contribution in [1.82, 2.24) is 30.4 Å². The van der Waals surface area contributed by atoms with Crippen molar-refractivity contribution in [3.8, 4) is 27.8 Å². The molecular weight excluding hydrogens is 679 g/mol. The number of benzene rings is 3. The lowest BCUT2D eigenvalue weighted by atomic mass is 10.1. The predicted molar refractivity (Wildman–Crippen MR) is 198 cm³/mol. The average molecular weight is 721 g/mol. The van der Waals surface area contributed by atoms with Crippen LogP contribution in [0.1, 0.15) is 40.9 Å². The quantitative estimate of drug-likeness (QED) is 0.107. The van der Waals surface area contributed by atoms with E-state index in [1.165, 1.54) is 5.56 Å². The smallest absolute Gasteiger partial charge is 0.407 e. The fourth-order valence-corrected chi connectivity index (χ4v) is 6.91. The van der Waals surface area contributed by atoms with Crippen LogP contribution in [0.2, 0.25) is 0 Å². The number of alkyl carbamates (subject to hydrolysis) is 1. The van der Waals surface area contributed by atoms with Crippen molar-refractivity contribution in [2.75, 3.05) is 39.4 Å². The standard InChI is InChI=1S/C39H41N7O5S/c1-44-33(9-5-6-17-41-39(48)51-26-29-7-3-2-4-8-29)25-46(43-44)32-14-15-34(36(24-32)50-22-20-45-19-18-40-38(45)47)37-42-31(27-52-37)13-11-28-10-12-30-16-21-49-35(30)23-28/h2-4,7-8,10-15,23-25,27H,5-6,9,16-22,26H2,1H3,(H-,40,41,47,48)/p+1. The SMILES string of the molecule is Cn1n[n+](-c2ccc(-c3nc(C=Cc4ccc5c(c4)OCC5)cs3)c(OCCN3CCNC3=O)c2)cc1CCCCNC(=O)OCc1ccccc1. The van der Waals surface area contributed by atoms with Crippen molar-refractivity contribution in [1.29, 1.82) is 0 Å². The Morgan fingerprint density at radius 1 is 1.12 bits per heavy atom. The van der Waals surface area contributed by atoms with E-state index in [2.05, 4.69) is 34.9 Å². The molecule has 2 N–H and O–H groups in total. The summed E-state index contributed by atoms with van der Waals surface area (Å²) in [5, 5.41) is 13.3. The van der Waals surface area contributed by atoms with Crippen LogP contribution < -0.4 is 24.8 Å². The molecule has 5 aromatic rings. The highest BCUT2D eigenvalue weighted by molar-refractivity contribution is 7.13. The van der Waals surface area contributed by atoms with Gasteiger partial charge in [0.25, 0.3) is 0 Å². The molecule has 0 bridgehead atoms. The van der Waals surface area contributed by atoms with Crippen molar-refractivity contribution in [2.24, 2.45) is 7.05 Å². The normalized spacial score (nSPS) is 13.6. The molecule has 0 unspecified atom stereocenters. The number of rotatable bonds is 15. The number of amides is 3. The summed E-state index contributed by atoms with van der Waals surface area (Å²) < 4.78 is 21.1. The van der Waals surface area contributed by atoms with Crippen LogP contribution in [0.5, 0.6) is 11.5 Å². The summed E-state index contributed by atoms with van der Waals surface area (Å²) in [7, 11) is 1.93. The van der Waals surface area contributed by atoms with E-state index >= 15 is 0 Å². The lowest BCUT2D eigenvalue weighted by Crippen LogP contribution is -2.33. The summed E-state index contributed by atoms with van der Waals surface area (Å²) >= 11 is 1.55. The fraction of sp³-hybridized carbons (Fsp3) is 0.308. The summed E-state index contributed by atoms with van der Waals surface area (Å²) in [6.45, 7) is 3.64. The topological polar surface area (TPSA) is 124 Å². The molecule has 0 atom stereocenters. The fourth-order valence-electron chi connectivity index (χ4n) is 6.10. The summed E-state index contributed by atoms with van der Waals surface area (Å²) in [6.07, 6.45) is 9.10. The Morgan fingerprint density at radius 3 is 2.88 bits per heavy atom. The molecule has 0 spiro atoms. The number of carbonyl (C=O) groups excluding carboxylic acids is 2. The Balaban J connectivity index is 0.994. The summed E-state index contributed by atoms with van der Waals surface area (Å²) in [5.74, 6) is 1.63. The second-order valence-electron chi connectivity index (χ2n) is 12.6. The number of hydrogen-bond donors (Lipinski definition) is 2. The van der Waals surface area contributed by atoms with Crippen LogP contribution in [0, 0.1) is 0 Å². The Morgan fingerprint density at radius 2 is 2.02 bits per heavy atom. The van der Waals surface area contributed by atoms with Crippen LogP contribution in [-0.4, -0.2) is 71.3 Å². The zero-order chi connectivity index (χ0) is 35.7. The number of thiazole rings is 1. The predicted octanol–water partition coefficient (Wildman–Crippen LogP) is 5.58. The number of ether oxygens (including phenoxy) is 3. The van der Waals surface area contributed by atoms with Crippen molar-refractivity contribution in [3.05, 3.63) is 106 Å². The number of urea groups is 1. The molecule has 268 valence electrons. The first-order valence-electron chi connectivity index (χ1n) is 17.6. The van der Waals surface area contributed by atoms with E-state index in [0.717, 1.165) is 76.8 Å². The van der Waals surface area contributed by atoms with E-state index in [-0.39, 0.29) is 12.6 Å². The van der Waals surface area contributed by atoms with Crippen LogP contribution >= 0.6 is 11.3 Å². The third-order valence-electron chi connectivity index (χ3n) is 8.97. The highest BCUT2D eigenvalue weighted by Crippen LogP contribution is 2.34. The van der Waals surface area contributed by atoms with Gasteiger partial charge in [-0.3, -0.25) is 0 Å². The van der Waals surface area contributed by atoms with E-state index in [1.54, 1.807) is 16.2 Å². The number of aromatic nitrogens is 4. The lowest BCUT2D eigenvalue weighted by molar-refractivity contribution is -0.661. The molecule has 0 aliphatic carbocycles. The highest BCUT2D eigenvalue weighted by Gasteiger charge is 2.21. The first-order chi connectivity index (χ1) is 25.5. The molecule has 12 nitrogen and oxygen atoms in total. The van der Waals surface area contributed by atoms with Gasteiger partial charge in [-0.1, -0.05) is 48.5 Å². The van der Waals surface area contributed by atoms with E-state index in [0.29, 0.717) is 38.5 Å². The van der Waals surface area contributed by atoms with E-state index < -0.39 is 6.09 Å². The molecule has 3 amide bonds. The van der Waals surface area contributed by atoms with Gasteiger partial charge in [-0.05, 0) is 53.8 Å². The van der Waals surface area contributed by atoms with Crippen LogP contribution in [0.3, 0.4) is 0 Å². The average Bonchev–Trinajstić information content (AvgIpc) is 3.99. The summed E-state index contributed by atoms with van der Waals surface area (Å²) in [4.78, 5) is 30.9. The van der Waals surface area contributed by atoms with Crippen molar-refractivity contribution < 1.29 is 28.5 Å². The second kappa shape index (κ2) is 16.6. The maximum absolute atomic E-state index is 12.1. The molecule has 52 heavy (non-hydrogen) atoms. The minimum Gasteiger partial charge on any atom is -0.493 e. The van der Waals surface area contributed by atoms with E-state index in [1.807, 2.05) is 82.6 Å². The number of unbranched alkanes of at least 4 members (excludes halogenated alkanes) is 1.